The molecule has 2 aliphatic heterocycles. The van der Waals surface area contributed by atoms with Crippen LogP contribution in [0.25, 0.3) is 0 Å². The van der Waals surface area contributed by atoms with Crippen molar-refractivity contribution in [2.45, 2.75) is 52.2 Å². The zero-order valence-corrected chi connectivity index (χ0v) is 16.2. The van der Waals surface area contributed by atoms with Crippen molar-refractivity contribution >= 4 is 17.5 Å². The van der Waals surface area contributed by atoms with Crippen molar-refractivity contribution < 1.29 is 19.1 Å². The van der Waals surface area contributed by atoms with Gasteiger partial charge in [-0.1, -0.05) is 26.8 Å². The molecule has 2 aliphatic rings. The number of carbonyl (C=O) groups is 2. The van der Waals surface area contributed by atoms with Gasteiger partial charge >= 0.3 is 0 Å². The normalized spacial score (nSPS) is 23.5. The van der Waals surface area contributed by atoms with Crippen molar-refractivity contribution in [3.05, 3.63) is 23.8 Å². The monoisotopic (exact) mass is 360 g/mol. The predicted octanol–water partition coefficient (Wildman–Crippen LogP) is 2.35. The second-order valence-electron chi connectivity index (χ2n) is 8.26. The van der Waals surface area contributed by atoms with Crippen molar-refractivity contribution in [3.8, 4) is 5.75 Å². The molecule has 0 unspecified atom stereocenters. The van der Waals surface area contributed by atoms with Crippen molar-refractivity contribution in [1.82, 2.24) is 4.90 Å². The fourth-order valence-electron chi connectivity index (χ4n) is 3.46. The number of carbonyl (C=O) groups excluding carboxylic acids is 2. The van der Waals surface area contributed by atoms with Crippen LogP contribution >= 0.6 is 0 Å². The molecule has 1 aromatic rings. The lowest BCUT2D eigenvalue weighted by Crippen LogP contribution is -2.52. The first-order valence-electron chi connectivity index (χ1n) is 9.16. The molecular formula is C20H28N2O4. The van der Waals surface area contributed by atoms with Crippen LogP contribution in [-0.4, -0.2) is 55.2 Å². The quantitative estimate of drug-likeness (QED) is 0.812. The van der Waals surface area contributed by atoms with Gasteiger partial charge in [0, 0.05) is 13.1 Å². The minimum Gasteiger partial charge on any atom is -0.482 e. The van der Waals surface area contributed by atoms with E-state index in [1.54, 1.807) is 9.80 Å². The Labute approximate surface area is 155 Å². The standard InChI is InChI=1S/C20H28N2O4/c1-13-9-21(10-14(2)26-13)18(23)11-22-16-8-15(20(3,4)5)6-7-17(16)25-12-19(22)24/h6-8,13-14H,9-12H2,1-5H3/t13-,14+. The van der Waals surface area contributed by atoms with Crippen LogP contribution in [0.5, 0.6) is 5.75 Å². The third-order valence-electron chi connectivity index (χ3n) is 4.83. The number of anilines is 1. The molecule has 2 atom stereocenters. The van der Waals surface area contributed by atoms with E-state index in [0.717, 1.165) is 5.56 Å². The Kier molecular flexibility index (Phi) is 4.97. The minimum absolute atomic E-state index is 0.00266. The van der Waals surface area contributed by atoms with Gasteiger partial charge in [0.05, 0.1) is 17.9 Å². The van der Waals surface area contributed by atoms with Crippen molar-refractivity contribution in [2.24, 2.45) is 0 Å². The molecule has 6 heteroatoms. The summed E-state index contributed by atoms with van der Waals surface area (Å²) in [6.45, 7) is 11.4. The fraction of sp³-hybridized carbons (Fsp3) is 0.600. The molecule has 142 valence electrons. The Bertz CT molecular complexity index is 700. The highest BCUT2D eigenvalue weighted by Crippen LogP contribution is 2.36. The zero-order chi connectivity index (χ0) is 19.1. The second-order valence-corrected chi connectivity index (χ2v) is 8.26. The van der Waals surface area contributed by atoms with Gasteiger partial charge in [-0.3, -0.25) is 14.5 Å². The molecule has 0 saturated carbocycles. The minimum atomic E-state index is -0.189. The van der Waals surface area contributed by atoms with Crippen LogP contribution in [0.3, 0.4) is 0 Å². The first kappa shape index (κ1) is 18.7. The molecule has 0 spiro atoms. The maximum absolute atomic E-state index is 12.8. The zero-order valence-electron chi connectivity index (χ0n) is 16.2. The highest BCUT2D eigenvalue weighted by Gasteiger charge is 2.32. The van der Waals surface area contributed by atoms with E-state index in [0.29, 0.717) is 24.5 Å². The van der Waals surface area contributed by atoms with Crippen LogP contribution < -0.4 is 9.64 Å². The smallest absolute Gasteiger partial charge is 0.265 e. The number of nitrogens with zero attached hydrogens (tertiary/aromatic N) is 2. The summed E-state index contributed by atoms with van der Waals surface area (Å²) in [4.78, 5) is 28.6. The number of hydrogen-bond donors (Lipinski definition) is 0. The lowest BCUT2D eigenvalue weighted by Gasteiger charge is -2.37. The lowest BCUT2D eigenvalue weighted by atomic mass is 9.86. The summed E-state index contributed by atoms with van der Waals surface area (Å²) >= 11 is 0. The number of ether oxygens (including phenoxy) is 2. The molecule has 0 radical (unpaired) electrons. The van der Waals surface area contributed by atoms with E-state index in [2.05, 4.69) is 20.8 Å². The van der Waals surface area contributed by atoms with Crippen LogP contribution in [0.2, 0.25) is 0 Å². The van der Waals surface area contributed by atoms with Crippen molar-refractivity contribution in [1.29, 1.82) is 0 Å². The topological polar surface area (TPSA) is 59.1 Å². The van der Waals surface area contributed by atoms with E-state index in [4.69, 9.17) is 9.47 Å². The number of amides is 2. The van der Waals surface area contributed by atoms with Crippen LogP contribution in [0.4, 0.5) is 5.69 Å². The highest BCUT2D eigenvalue weighted by atomic mass is 16.5. The molecule has 2 heterocycles. The number of fused-ring (bicyclic) bond motifs is 1. The van der Waals surface area contributed by atoms with Crippen LogP contribution in [0, 0.1) is 0 Å². The van der Waals surface area contributed by atoms with Crippen LogP contribution in [0.1, 0.15) is 40.2 Å². The van der Waals surface area contributed by atoms with Gasteiger partial charge < -0.3 is 14.4 Å². The molecule has 6 nitrogen and oxygen atoms in total. The Balaban J connectivity index is 1.84. The number of hydrogen-bond acceptors (Lipinski definition) is 4. The number of benzene rings is 1. The van der Waals surface area contributed by atoms with Crippen molar-refractivity contribution in [2.75, 3.05) is 31.1 Å². The average Bonchev–Trinajstić information content (AvgIpc) is 2.55. The van der Waals surface area contributed by atoms with Gasteiger partial charge in [-0.05, 0) is 37.0 Å². The molecule has 0 N–H and O–H groups in total. The first-order valence-corrected chi connectivity index (χ1v) is 9.16. The molecule has 26 heavy (non-hydrogen) atoms. The predicted molar refractivity (Wildman–Crippen MR) is 99.6 cm³/mol. The summed E-state index contributed by atoms with van der Waals surface area (Å²) < 4.78 is 11.3. The summed E-state index contributed by atoms with van der Waals surface area (Å²) in [5, 5.41) is 0. The Morgan fingerprint density at radius 2 is 1.85 bits per heavy atom. The van der Waals surface area contributed by atoms with Gasteiger partial charge in [0.2, 0.25) is 5.91 Å². The van der Waals surface area contributed by atoms with Crippen LogP contribution in [-0.2, 0) is 19.7 Å². The largest absolute Gasteiger partial charge is 0.482 e. The molecule has 1 saturated heterocycles. The molecule has 1 aromatic carbocycles. The molecule has 1 fully saturated rings. The molecule has 3 rings (SSSR count). The van der Waals surface area contributed by atoms with Crippen LogP contribution in [0.15, 0.2) is 18.2 Å². The van der Waals surface area contributed by atoms with Crippen molar-refractivity contribution in [3.63, 3.8) is 0 Å². The summed E-state index contributed by atoms with van der Waals surface area (Å²) in [6, 6.07) is 5.86. The fourth-order valence-corrected chi connectivity index (χ4v) is 3.46. The summed E-state index contributed by atoms with van der Waals surface area (Å²) in [6.07, 6.45) is 0.00532. The van der Waals surface area contributed by atoms with E-state index in [-0.39, 0.29) is 42.6 Å². The summed E-state index contributed by atoms with van der Waals surface area (Å²) in [5.74, 6) is 0.398. The van der Waals surface area contributed by atoms with Gasteiger partial charge in [0.15, 0.2) is 6.61 Å². The van der Waals surface area contributed by atoms with Gasteiger partial charge in [-0.2, -0.15) is 0 Å². The van der Waals surface area contributed by atoms with E-state index < -0.39 is 0 Å². The van der Waals surface area contributed by atoms with E-state index >= 15 is 0 Å². The number of morpholine rings is 1. The van der Waals surface area contributed by atoms with Gasteiger partial charge in [-0.15, -0.1) is 0 Å². The van der Waals surface area contributed by atoms with Gasteiger partial charge in [0.25, 0.3) is 5.91 Å². The van der Waals surface area contributed by atoms with E-state index in [1.807, 2.05) is 32.0 Å². The third kappa shape index (κ3) is 3.85. The summed E-state index contributed by atoms with van der Waals surface area (Å²) in [7, 11) is 0. The first-order chi connectivity index (χ1) is 12.1. The molecule has 0 bridgehead atoms. The van der Waals surface area contributed by atoms with E-state index in [9.17, 15) is 9.59 Å². The Morgan fingerprint density at radius 3 is 2.46 bits per heavy atom. The van der Waals surface area contributed by atoms with Gasteiger partial charge in [0.1, 0.15) is 12.3 Å². The molecule has 0 aliphatic carbocycles. The third-order valence-corrected chi connectivity index (χ3v) is 4.83. The highest BCUT2D eigenvalue weighted by molar-refractivity contribution is 6.02. The maximum Gasteiger partial charge on any atom is 0.265 e. The summed E-state index contributed by atoms with van der Waals surface area (Å²) in [5.41, 5.74) is 1.72. The average molecular weight is 360 g/mol. The Morgan fingerprint density at radius 1 is 1.19 bits per heavy atom. The number of rotatable bonds is 2. The molecule has 2 amide bonds. The maximum atomic E-state index is 12.8. The molecule has 0 aromatic heterocycles. The molecular weight excluding hydrogens is 332 g/mol. The Hall–Kier alpha value is -2.08. The van der Waals surface area contributed by atoms with Gasteiger partial charge in [-0.25, -0.2) is 0 Å². The second kappa shape index (κ2) is 6.91. The SMILES string of the molecule is C[C@@H]1CN(C(=O)CN2C(=O)COc3ccc(C(C)(C)C)cc32)C[C@H](C)O1. The lowest BCUT2D eigenvalue weighted by molar-refractivity contribution is -0.142. The van der Waals surface area contributed by atoms with E-state index in [1.165, 1.54) is 0 Å².